The minimum atomic E-state index is -0.158. The number of amides is 1. The van der Waals surface area contributed by atoms with Crippen molar-refractivity contribution in [1.29, 1.82) is 0 Å². The molecule has 0 radical (unpaired) electrons. The summed E-state index contributed by atoms with van der Waals surface area (Å²) in [5.41, 5.74) is 1.74. The molecule has 1 fully saturated rings. The normalized spacial score (nSPS) is 19.6. The monoisotopic (exact) mass is 413 g/mol. The fraction of sp³-hybridized carbons (Fsp3) is 0.381. The van der Waals surface area contributed by atoms with Gasteiger partial charge < -0.3 is 10.3 Å². The minimum Gasteiger partial charge on any atom is -0.353 e. The fourth-order valence-electron chi connectivity index (χ4n) is 3.64. The van der Waals surface area contributed by atoms with Crippen LogP contribution >= 0.6 is 23.1 Å². The van der Waals surface area contributed by atoms with Crippen LogP contribution in [0.3, 0.4) is 0 Å². The van der Waals surface area contributed by atoms with Crippen molar-refractivity contribution >= 4 is 39.2 Å². The highest BCUT2D eigenvalue weighted by molar-refractivity contribution is 7.99. The highest BCUT2D eigenvalue weighted by atomic mass is 32.2. The average molecular weight is 414 g/mol. The maximum Gasteiger partial charge on any atom is 0.260 e. The van der Waals surface area contributed by atoms with Crippen LogP contribution in [0.1, 0.15) is 32.6 Å². The van der Waals surface area contributed by atoms with E-state index in [1.54, 1.807) is 0 Å². The Bertz CT molecular complexity index is 1020. The Hall–Kier alpha value is -2.12. The quantitative estimate of drug-likeness (QED) is 0.479. The molecule has 1 aromatic carbocycles. The van der Waals surface area contributed by atoms with Crippen LogP contribution in [-0.4, -0.2) is 27.7 Å². The molecule has 7 heteroatoms. The predicted octanol–water partition coefficient (Wildman–Crippen LogP) is 4.44. The van der Waals surface area contributed by atoms with Crippen LogP contribution in [0, 0.1) is 5.92 Å². The number of thiophene rings is 1. The van der Waals surface area contributed by atoms with Crippen LogP contribution in [0.25, 0.3) is 21.3 Å². The standard InChI is InChI=1S/C21H23N3O2S2/c1-13-7-9-15(10-8-13)22-17(25)12-28-21-23-19(26)18-16(11-27-20(18)24-21)14-5-3-2-4-6-14/h2-6,11,13,15H,7-10,12H2,1H3,(H,22,25)(H,23,24,26). The first-order valence-electron chi connectivity index (χ1n) is 9.59. The maximum atomic E-state index is 12.6. The van der Waals surface area contributed by atoms with Gasteiger partial charge in [0.05, 0.1) is 11.1 Å². The molecule has 146 valence electrons. The van der Waals surface area contributed by atoms with Gasteiger partial charge in [0.1, 0.15) is 4.83 Å². The summed E-state index contributed by atoms with van der Waals surface area (Å²) in [7, 11) is 0. The van der Waals surface area contributed by atoms with Crippen molar-refractivity contribution in [2.24, 2.45) is 5.92 Å². The van der Waals surface area contributed by atoms with E-state index in [0.29, 0.717) is 15.4 Å². The van der Waals surface area contributed by atoms with E-state index in [2.05, 4.69) is 22.2 Å². The van der Waals surface area contributed by atoms with Gasteiger partial charge in [-0.3, -0.25) is 9.59 Å². The van der Waals surface area contributed by atoms with Gasteiger partial charge in [-0.1, -0.05) is 49.0 Å². The number of nitrogens with one attached hydrogen (secondary N) is 2. The molecule has 2 aromatic heterocycles. The van der Waals surface area contributed by atoms with Gasteiger partial charge in [0.2, 0.25) is 5.91 Å². The number of benzene rings is 1. The second-order valence-corrected chi connectivity index (χ2v) is 9.20. The molecule has 0 atom stereocenters. The van der Waals surface area contributed by atoms with E-state index in [1.807, 2.05) is 35.7 Å². The molecular formula is C21H23N3O2S2. The number of rotatable bonds is 5. The second-order valence-electron chi connectivity index (χ2n) is 7.38. The molecular weight excluding hydrogens is 390 g/mol. The first-order valence-corrected chi connectivity index (χ1v) is 11.5. The summed E-state index contributed by atoms with van der Waals surface area (Å²) >= 11 is 2.73. The first kappa shape index (κ1) is 19.2. The van der Waals surface area contributed by atoms with Crippen LogP contribution in [0.5, 0.6) is 0 Å². The Balaban J connectivity index is 1.44. The van der Waals surface area contributed by atoms with E-state index >= 15 is 0 Å². The van der Waals surface area contributed by atoms with Crippen molar-refractivity contribution < 1.29 is 4.79 Å². The molecule has 2 heterocycles. The van der Waals surface area contributed by atoms with Gasteiger partial charge >= 0.3 is 0 Å². The zero-order valence-corrected chi connectivity index (χ0v) is 17.4. The van der Waals surface area contributed by atoms with Crippen molar-refractivity contribution in [3.63, 3.8) is 0 Å². The SMILES string of the molecule is CC1CCC(NC(=O)CSc2nc3scc(-c4ccccc4)c3c(=O)[nH]2)CC1. The van der Waals surface area contributed by atoms with E-state index in [1.165, 1.54) is 35.9 Å². The predicted molar refractivity (Wildman–Crippen MR) is 116 cm³/mol. The molecule has 0 unspecified atom stereocenters. The van der Waals surface area contributed by atoms with Crippen LogP contribution in [0.4, 0.5) is 0 Å². The molecule has 5 nitrogen and oxygen atoms in total. The van der Waals surface area contributed by atoms with Crippen LogP contribution in [-0.2, 0) is 4.79 Å². The molecule has 1 saturated carbocycles. The minimum absolute atomic E-state index is 0.00320. The van der Waals surface area contributed by atoms with Gasteiger partial charge in [0, 0.05) is 17.0 Å². The molecule has 1 aliphatic rings. The number of nitrogens with zero attached hydrogens (tertiary/aromatic N) is 1. The third-order valence-electron chi connectivity index (χ3n) is 5.23. The lowest BCUT2D eigenvalue weighted by Gasteiger charge is -2.26. The van der Waals surface area contributed by atoms with Crippen molar-refractivity contribution in [3.05, 3.63) is 46.1 Å². The smallest absolute Gasteiger partial charge is 0.260 e. The van der Waals surface area contributed by atoms with Crippen molar-refractivity contribution in [3.8, 4) is 11.1 Å². The molecule has 0 saturated heterocycles. The summed E-state index contributed by atoms with van der Waals surface area (Å²) in [6.07, 6.45) is 4.45. The van der Waals surface area contributed by atoms with E-state index in [0.717, 1.165) is 29.9 Å². The lowest BCUT2D eigenvalue weighted by atomic mass is 9.87. The fourth-order valence-corrected chi connectivity index (χ4v) is 5.31. The lowest BCUT2D eigenvalue weighted by Crippen LogP contribution is -2.38. The Morgan fingerprint density at radius 3 is 2.75 bits per heavy atom. The van der Waals surface area contributed by atoms with E-state index < -0.39 is 0 Å². The molecule has 0 aliphatic heterocycles. The van der Waals surface area contributed by atoms with Gasteiger partial charge in [0.15, 0.2) is 5.16 Å². The molecule has 0 bridgehead atoms. The molecule has 2 N–H and O–H groups in total. The average Bonchev–Trinajstić information content (AvgIpc) is 3.13. The van der Waals surface area contributed by atoms with Gasteiger partial charge in [-0.2, -0.15) is 0 Å². The molecule has 28 heavy (non-hydrogen) atoms. The van der Waals surface area contributed by atoms with Crippen molar-refractivity contribution in [2.45, 2.75) is 43.8 Å². The zero-order valence-electron chi connectivity index (χ0n) is 15.7. The Kier molecular flexibility index (Phi) is 5.82. The van der Waals surface area contributed by atoms with Gasteiger partial charge in [-0.05, 0) is 37.2 Å². The number of carbonyl (C=O) groups is 1. The third kappa shape index (κ3) is 4.31. The first-order chi connectivity index (χ1) is 13.6. The van der Waals surface area contributed by atoms with Crippen LogP contribution in [0.15, 0.2) is 45.7 Å². The highest BCUT2D eigenvalue weighted by Gasteiger charge is 2.20. The van der Waals surface area contributed by atoms with Crippen LogP contribution < -0.4 is 10.9 Å². The van der Waals surface area contributed by atoms with Gasteiger partial charge in [-0.25, -0.2) is 4.98 Å². The summed E-state index contributed by atoms with van der Waals surface area (Å²) in [4.78, 5) is 33.0. The lowest BCUT2D eigenvalue weighted by molar-refractivity contribution is -0.119. The number of fused-ring (bicyclic) bond motifs is 1. The number of carbonyl (C=O) groups excluding carboxylic acids is 1. The Labute approximate surface area is 172 Å². The van der Waals surface area contributed by atoms with E-state index in [-0.39, 0.29) is 23.3 Å². The van der Waals surface area contributed by atoms with Crippen molar-refractivity contribution in [2.75, 3.05) is 5.75 Å². The molecule has 0 spiro atoms. The Morgan fingerprint density at radius 2 is 2.00 bits per heavy atom. The molecule has 3 aromatic rings. The van der Waals surface area contributed by atoms with Gasteiger partial charge in [-0.15, -0.1) is 11.3 Å². The maximum absolute atomic E-state index is 12.6. The molecule has 1 aliphatic carbocycles. The molecule has 1 amide bonds. The topological polar surface area (TPSA) is 74.8 Å². The highest BCUT2D eigenvalue weighted by Crippen LogP contribution is 2.31. The number of thioether (sulfide) groups is 1. The summed E-state index contributed by atoms with van der Waals surface area (Å²) < 4.78 is 0. The number of aromatic nitrogens is 2. The number of hydrogen-bond donors (Lipinski definition) is 2. The largest absolute Gasteiger partial charge is 0.353 e. The van der Waals surface area contributed by atoms with E-state index in [9.17, 15) is 9.59 Å². The summed E-state index contributed by atoms with van der Waals surface area (Å²) in [5, 5.41) is 6.18. The zero-order chi connectivity index (χ0) is 19.5. The van der Waals surface area contributed by atoms with Crippen molar-refractivity contribution in [1.82, 2.24) is 15.3 Å². The molecule has 4 rings (SSSR count). The van der Waals surface area contributed by atoms with E-state index in [4.69, 9.17) is 0 Å². The summed E-state index contributed by atoms with van der Waals surface area (Å²) in [6, 6.07) is 10.1. The Morgan fingerprint density at radius 1 is 1.25 bits per heavy atom. The summed E-state index contributed by atoms with van der Waals surface area (Å²) in [5.74, 6) is 1.02. The number of H-pyrrole nitrogens is 1. The number of hydrogen-bond acceptors (Lipinski definition) is 5. The number of aromatic amines is 1. The van der Waals surface area contributed by atoms with Gasteiger partial charge in [0.25, 0.3) is 5.56 Å². The summed E-state index contributed by atoms with van der Waals surface area (Å²) in [6.45, 7) is 2.26. The third-order valence-corrected chi connectivity index (χ3v) is 6.97. The van der Waals surface area contributed by atoms with Crippen LogP contribution in [0.2, 0.25) is 0 Å². The second kappa shape index (κ2) is 8.49.